The summed E-state index contributed by atoms with van der Waals surface area (Å²) in [6.07, 6.45) is 5.07. The molecule has 1 aliphatic carbocycles. The molecule has 0 unspecified atom stereocenters. The monoisotopic (exact) mass is 336 g/mol. The van der Waals surface area contributed by atoms with Crippen molar-refractivity contribution in [1.82, 2.24) is 19.6 Å². The van der Waals surface area contributed by atoms with Crippen molar-refractivity contribution < 1.29 is 0 Å². The van der Waals surface area contributed by atoms with Crippen molar-refractivity contribution in [2.45, 2.75) is 52.5 Å². The summed E-state index contributed by atoms with van der Waals surface area (Å²) in [4.78, 5) is 13.1. The number of hydrogen-bond donors (Lipinski definition) is 0. The van der Waals surface area contributed by atoms with Gasteiger partial charge in [-0.2, -0.15) is 10.2 Å². The minimum atomic E-state index is -0.0409. The Bertz CT molecular complexity index is 979. The molecular formula is C20H24N4O. The first-order chi connectivity index (χ1) is 12.1. The number of fused-ring (bicyclic) bond motifs is 1. The first-order valence-corrected chi connectivity index (χ1v) is 9.11. The van der Waals surface area contributed by atoms with E-state index in [-0.39, 0.29) is 5.56 Å². The number of rotatable bonds is 5. The lowest BCUT2D eigenvalue weighted by Crippen LogP contribution is -2.26. The Morgan fingerprint density at radius 2 is 2.00 bits per heavy atom. The quantitative estimate of drug-likeness (QED) is 0.712. The fraction of sp³-hybridized carbons (Fsp3) is 0.450. The number of para-hydroxylation sites is 1. The number of benzene rings is 1. The maximum atomic E-state index is 13.1. The summed E-state index contributed by atoms with van der Waals surface area (Å²) < 4.78 is 3.46. The Morgan fingerprint density at radius 1 is 1.24 bits per heavy atom. The highest BCUT2D eigenvalue weighted by Crippen LogP contribution is 2.41. The van der Waals surface area contributed by atoms with Crippen LogP contribution in [-0.2, 0) is 6.54 Å². The third-order valence-electron chi connectivity index (χ3n) is 4.94. The van der Waals surface area contributed by atoms with Gasteiger partial charge in [-0.3, -0.25) is 4.79 Å². The van der Waals surface area contributed by atoms with Crippen LogP contribution in [0.25, 0.3) is 16.6 Å². The van der Waals surface area contributed by atoms with Crippen LogP contribution < -0.4 is 5.56 Å². The molecule has 0 bridgehead atoms. The molecule has 1 saturated carbocycles. The molecule has 130 valence electrons. The molecule has 4 rings (SSSR count). The lowest BCUT2D eigenvalue weighted by Gasteiger charge is -2.12. The zero-order chi connectivity index (χ0) is 17.6. The molecule has 0 N–H and O–H groups in total. The molecule has 2 heterocycles. The predicted molar refractivity (Wildman–Crippen MR) is 99.3 cm³/mol. The van der Waals surface area contributed by atoms with E-state index in [1.54, 1.807) is 9.36 Å². The van der Waals surface area contributed by atoms with E-state index >= 15 is 0 Å². The molecule has 5 heteroatoms. The first kappa shape index (κ1) is 16.1. The van der Waals surface area contributed by atoms with Crippen LogP contribution in [0.15, 0.2) is 35.3 Å². The van der Waals surface area contributed by atoms with E-state index in [2.05, 4.69) is 18.9 Å². The van der Waals surface area contributed by atoms with E-state index in [0.29, 0.717) is 23.9 Å². The summed E-state index contributed by atoms with van der Waals surface area (Å²) in [6.45, 7) is 7.04. The Balaban J connectivity index is 1.94. The zero-order valence-corrected chi connectivity index (χ0v) is 15.1. The van der Waals surface area contributed by atoms with Gasteiger partial charge >= 0.3 is 0 Å². The molecule has 1 aromatic carbocycles. The lowest BCUT2D eigenvalue weighted by molar-refractivity contribution is 0.469. The number of aromatic nitrogens is 4. The van der Waals surface area contributed by atoms with Crippen LogP contribution in [-0.4, -0.2) is 19.6 Å². The molecule has 3 aromatic rings. The minimum absolute atomic E-state index is 0.0409. The van der Waals surface area contributed by atoms with E-state index in [4.69, 9.17) is 5.10 Å². The topological polar surface area (TPSA) is 52.7 Å². The number of hydrogen-bond acceptors (Lipinski definition) is 3. The van der Waals surface area contributed by atoms with Crippen molar-refractivity contribution in [2.24, 2.45) is 5.92 Å². The van der Waals surface area contributed by atoms with Crippen LogP contribution in [0.1, 0.15) is 50.3 Å². The predicted octanol–water partition coefficient (Wildman–Crippen LogP) is 3.81. The van der Waals surface area contributed by atoms with E-state index in [0.717, 1.165) is 41.6 Å². The molecule has 0 aliphatic heterocycles. The van der Waals surface area contributed by atoms with Crippen LogP contribution in [0.5, 0.6) is 0 Å². The molecule has 0 saturated heterocycles. The third-order valence-corrected chi connectivity index (χ3v) is 4.94. The van der Waals surface area contributed by atoms with Gasteiger partial charge in [0.25, 0.3) is 5.56 Å². The molecule has 1 aliphatic rings. The molecule has 5 nitrogen and oxygen atoms in total. The van der Waals surface area contributed by atoms with E-state index in [1.165, 1.54) is 0 Å². The second kappa shape index (κ2) is 6.14. The van der Waals surface area contributed by atoms with Gasteiger partial charge in [0.05, 0.1) is 17.6 Å². The molecule has 0 spiro atoms. The highest BCUT2D eigenvalue weighted by atomic mass is 16.1. The highest BCUT2D eigenvalue weighted by molar-refractivity contribution is 5.82. The fourth-order valence-corrected chi connectivity index (χ4v) is 3.27. The van der Waals surface area contributed by atoms with Crippen molar-refractivity contribution in [3.05, 3.63) is 52.1 Å². The Morgan fingerprint density at radius 3 is 2.68 bits per heavy atom. The van der Waals surface area contributed by atoms with Gasteiger partial charge in [-0.15, -0.1) is 0 Å². The van der Waals surface area contributed by atoms with Crippen molar-refractivity contribution in [3.63, 3.8) is 0 Å². The van der Waals surface area contributed by atoms with E-state index in [1.807, 2.05) is 37.4 Å². The maximum absolute atomic E-state index is 13.1. The molecule has 0 radical (unpaired) electrons. The van der Waals surface area contributed by atoms with Crippen molar-refractivity contribution >= 4 is 10.9 Å². The first-order valence-electron chi connectivity index (χ1n) is 9.11. The van der Waals surface area contributed by atoms with Gasteiger partial charge in [0.15, 0.2) is 0 Å². The van der Waals surface area contributed by atoms with Crippen LogP contribution in [0.4, 0.5) is 0 Å². The van der Waals surface area contributed by atoms with Gasteiger partial charge in [0.1, 0.15) is 5.52 Å². The smallest absolute Gasteiger partial charge is 0.265 e. The summed E-state index contributed by atoms with van der Waals surface area (Å²) in [6, 6.07) is 8.04. The normalized spacial score (nSPS) is 14.6. The van der Waals surface area contributed by atoms with Gasteiger partial charge in [-0.1, -0.05) is 32.0 Å². The Labute approximate surface area is 147 Å². The van der Waals surface area contributed by atoms with Crippen LogP contribution in [0.2, 0.25) is 0 Å². The second-order valence-electron chi connectivity index (χ2n) is 7.48. The van der Waals surface area contributed by atoms with Crippen molar-refractivity contribution in [1.29, 1.82) is 0 Å². The third kappa shape index (κ3) is 2.88. The molecule has 0 atom stereocenters. The highest BCUT2D eigenvalue weighted by Gasteiger charge is 2.30. The van der Waals surface area contributed by atoms with Gasteiger partial charge in [0.2, 0.25) is 0 Å². The molecule has 2 aromatic heterocycles. The lowest BCUT2D eigenvalue weighted by atomic mass is 10.1. The van der Waals surface area contributed by atoms with E-state index in [9.17, 15) is 4.79 Å². The Kier molecular flexibility index (Phi) is 3.94. The molecule has 1 fully saturated rings. The van der Waals surface area contributed by atoms with E-state index < -0.39 is 0 Å². The largest absolute Gasteiger partial charge is 0.293 e. The summed E-state index contributed by atoms with van der Waals surface area (Å²) in [5, 5.41) is 10.2. The summed E-state index contributed by atoms with van der Waals surface area (Å²) in [5.41, 5.74) is 3.72. The SMILES string of the molecule is Cc1ccccc1-n1ncc2c(C3CC3)nn(CCC(C)C)c(=O)c21. The van der Waals surface area contributed by atoms with Crippen LogP contribution >= 0.6 is 0 Å². The fourth-order valence-electron chi connectivity index (χ4n) is 3.27. The van der Waals surface area contributed by atoms with Gasteiger partial charge < -0.3 is 0 Å². The van der Waals surface area contributed by atoms with Crippen molar-refractivity contribution in [3.8, 4) is 5.69 Å². The molecular weight excluding hydrogens is 312 g/mol. The molecule has 25 heavy (non-hydrogen) atoms. The van der Waals surface area contributed by atoms with Crippen LogP contribution in [0, 0.1) is 12.8 Å². The standard InChI is InChI=1S/C20H24N4O/c1-13(2)10-11-23-20(25)19-16(18(22-23)15-8-9-15)12-21-24(19)17-7-5-4-6-14(17)3/h4-7,12-13,15H,8-11H2,1-3H3. The maximum Gasteiger partial charge on any atom is 0.293 e. The second-order valence-corrected chi connectivity index (χ2v) is 7.48. The average molecular weight is 336 g/mol. The van der Waals surface area contributed by atoms with Gasteiger partial charge in [-0.05, 0) is 43.7 Å². The van der Waals surface area contributed by atoms with Gasteiger partial charge in [-0.25, -0.2) is 9.36 Å². The minimum Gasteiger partial charge on any atom is -0.265 e. The molecule has 0 amide bonds. The summed E-state index contributed by atoms with van der Waals surface area (Å²) >= 11 is 0. The Hall–Kier alpha value is -2.43. The van der Waals surface area contributed by atoms with Crippen molar-refractivity contribution in [2.75, 3.05) is 0 Å². The number of nitrogens with zero attached hydrogens (tertiary/aromatic N) is 4. The van der Waals surface area contributed by atoms with Crippen LogP contribution in [0.3, 0.4) is 0 Å². The number of aryl methyl sites for hydroxylation is 2. The zero-order valence-electron chi connectivity index (χ0n) is 15.1. The summed E-state index contributed by atoms with van der Waals surface area (Å²) in [5.74, 6) is 1.01. The van der Waals surface area contributed by atoms with Gasteiger partial charge in [0, 0.05) is 17.8 Å². The summed E-state index contributed by atoms with van der Waals surface area (Å²) in [7, 11) is 0. The average Bonchev–Trinajstić information content (AvgIpc) is 3.33.